The molecule has 1 fully saturated rings. The molecule has 0 saturated carbocycles. The highest BCUT2D eigenvalue weighted by Gasteiger charge is 2.37. The minimum atomic E-state index is -1.10. The lowest BCUT2D eigenvalue weighted by Crippen LogP contribution is -2.40. The van der Waals surface area contributed by atoms with Crippen molar-refractivity contribution in [2.75, 3.05) is 6.61 Å². The molecular formula is C11H18N4O3. The Balaban J connectivity index is 2.23. The molecule has 0 bridgehead atoms. The summed E-state index contributed by atoms with van der Waals surface area (Å²) >= 11 is 0. The van der Waals surface area contributed by atoms with Crippen LogP contribution in [0.2, 0.25) is 0 Å². The van der Waals surface area contributed by atoms with Crippen LogP contribution in [-0.4, -0.2) is 44.0 Å². The third-order valence-corrected chi connectivity index (χ3v) is 3.58. The molecule has 18 heavy (non-hydrogen) atoms. The number of ether oxygens (including phenoxy) is 1. The highest BCUT2D eigenvalue weighted by Crippen LogP contribution is 2.23. The van der Waals surface area contributed by atoms with E-state index in [0.29, 0.717) is 18.7 Å². The third kappa shape index (κ3) is 2.22. The minimum absolute atomic E-state index is 0.102. The van der Waals surface area contributed by atoms with Gasteiger partial charge in [-0.25, -0.2) is 9.48 Å². The Labute approximate surface area is 105 Å². The third-order valence-electron chi connectivity index (χ3n) is 3.58. The van der Waals surface area contributed by atoms with Gasteiger partial charge in [0.05, 0.1) is 6.10 Å². The summed E-state index contributed by atoms with van der Waals surface area (Å²) in [6, 6.07) is 0. The van der Waals surface area contributed by atoms with Crippen LogP contribution in [0, 0.1) is 0 Å². The first-order chi connectivity index (χ1) is 8.58. The Hall–Kier alpha value is -1.50. The number of carboxylic acid groups (broad SMARTS) is 1. The van der Waals surface area contributed by atoms with Crippen LogP contribution in [-0.2, 0) is 21.5 Å². The smallest absolute Gasteiger partial charge is 0.331 e. The largest absolute Gasteiger partial charge is 0.479 e. The monoisotopic (exact) mass is 254 g/mol. The second-order valence-electron chi connectivity index (χ2n) is 4.78. The van der Waals surface area contributed by atoms with Crippen LogP contribution in [0.5, 0.6) is 0 Å². The fourth-order valence-corrected chi connectivity index (χ4v) is 2.12. The predicted octanol–water partition coefficient (Wildman–Crippen LogP) is 0.604. The molecule has 7 nitrogen and oxygen atoms in total. The molecule has 1 N–H and O–H groups in total. The Morgan fingerprint density at radius 3 is 3.00 bits per heavy atom. The molecule has 2 heterocycles. The maximum absolute atomic E-state index is 11.4. The van der Waals surface area contributed by atoms with Gasteiger partial charge in [-0.15, -0.1) is 5.10 Å². The summed E-state index contributed by atoms with van der Waals surface area (Å²) in [5, 5.41) is 20.7. The van der Waals surface area contributed by atoms with Crippen LogP contribution in [0.4, 0.5) is 0 Å². The lowest BCUT2D eigenvalue weighted by molar-refractivity contribution is -0.147. The lowest BCUT2D eigenvalue weighted by atomic mass is 9.99. The summed E-state index contributed by atoms with van der Waals surface area (Å²) in [5.74, 6) is -0.348. The number of nitrogens with zero attached hydrogens (tertiary/aromatic N) is 4. The van der Waals surface area contributed by atoms with Crippen molar-refractivity contribution in [3.8, 4) is 0 Å². The fraction of sp³-hybridized carbons (Fsp3) is 0.818. The van der Waals surface area contributed by atoms with E-state index in [4.69, 9.17) is 4.74 Å². The molecule has 7 heteroatoms. The average molecular weight is 254 g/mol. The molecule has 1 aliphatic heterocycles. The molecule has 0 amide bonds. The van der Waals surface area contributed by atoms with Crippen molar-refractivity contribution >= 4 is 5.97 Å². The maximum Gasteiger partial charge on any atom is 0.331 e. The van der Waals surface area contributed by atoms with Crippen LogP contribution in [0.25, 0.3) is 0 Å². The van der Waals surface area contributed by atoms with E-state index >= 15 is 0 Å². The Bertz CT molecular complexity index is 428. The van der Waals surface area contributed by atoms with Crippen LogP contribution >= 0.6 is 0 Å². The average Bonchev–Trinajstić information content (AvgIpc) is 3.00. The first kappa shape index (κ1) is 12.9. The molecule has 100 valence electrons. The first-order valence-electron chi connectivity index (χ1n) is 6.20. The summed E-state index contributed by atoms with van der Waals surface area (Å²) in [5.41, 5.74) is -1.10. The van der Waals surface area contributed by atoms with Crippen molar-refractivity contribution in [3.05, 3.63) is 5.82 Å². The van der Waals surface area contributed by atoms with E-state index in [1.54, 1.807) is 6.92 Å². The molecule has 1 aromatic heterocycles. The zero-order chi connectivity index (χ0) is 13.2. The standard InChI is InChI=1S/C11H18N4O3/c1-3-11(2,10(16)17)15-9(12-13-14-15)7-8-5-4-6-18-8/h8H,3-7H2,1-2H3,(H,16,17). The van der Waals surface area contributed by atoms with E-state index in [0.717, 1.165) is 19.4 Å². The maximum atomic E-state index is 11.4. The van der Waals surface area contributed by atoms with Crippen molar-refractivity contribution in [2.45, 2.75) is 51.2 Å². The summed E-state index contributed by atoms with van der Waals surface area (Å²) < 4.78 is 6.95. The zero-order valence-electron chi connectivity index (χ0n) is 10.7. The van der Waals surface area contributed by atoms with Crippen LogP contribution in [0.15, 0.2) is 0 Å². The van der Waals surface area contributed by atoms with E-state index in [-0.39, 0.29) is 6.10 Å². The first-order valence-corrected chi connectivity index (χ1v) is 6.20. The molecule has 0 aromatic carbocycles. The topological polar surface area (TPSA) is 90.1 Å². The van der Waals surface area contributed by atoms with Crippen molar-refractivity contribution in [2.24, 2.45) is 0 Å². The fourth-order valence-electron chi connectivity index (χ4n) is 2.12. The van der Waals surface area contributed by atoms with Crippen molar-refractivity contribution < 1.29 is 14.6 Å². The van der Waals surface area contributed by atoms with E-state index in [1.165, 1.54) is 4.68 Å². The van der Waals surface area contributed by atoms with Gasteiger partial charge in [0.25, 0.3) is 0 Å². The highest BCUT2D eigenvalue weighted by atomic mass is 16.5. The lowest BCUT2D eigenvalue weighted by Gasteiger charge is -2.24. The van der Waals surface area contributed by atoms with Crippen molar-refractivity contribution in [1.82, 2.24) is 20.2 Å². The zero-order valence-corrected chi connectivity index (χ0v) is 10.7. The molecular weight excluding hydrogens is 236 g/mol. The minimum Gasteiger partial charge on any atom is -0.479 e. The molecule has 2 atom stereocenters. The summed E-state index contributed by atoms with van der Waals surface area (Å²) in [6.07, 6.45) is 3.10. The SMILES string of the molecule is CCC(C)(C(=O)O)n1nnnc1CC1CCCO1. The van der Waals surface area contributed by atoms with Gasteiger partial charge < -0.3 is 9.84 Å². The van der Waals surface area contributed by atoms with Gasteiger partial charge in [-0.3, -0.25) is 0 Å². The van der Waals surface area contributed by atoms with Gasteiger partial charge in [-0.05, 0) is 36.6 Å². The number of hydrogen-bond donors (Lipinski definition) is 1. The van der Waals surface area contributed by atoms with Gasteiger partial charge >= 0.3 is 5.97 Å². The van der Waals surface area contributed by atoms with Gasteiger partial charge in [0.15, 0.2) is 11.4 Å². The predicted molar refractivity (Wildman–Crippen MR) is 62.1 cm³/mol. The molecule has 0 radical (unpaired) electrons. The van der Waals surface area contributed by atoms with E-state index in [2.05, 4.69) is 15.5 Å². The second kappa shape index (κ2) is 5.01. The van der Waals surface area contributed by atoms with Crippen LogP contribution in [0.1, 0.15) is 38.9 Å². The summed E-state index contributed by atoms with van der Waals surface area (Å²) in [4.78, 5) is 11.4. The Kier molecular flexibility index (Phi) is 3.60. The van der Waals surface area contributed by atoms with Gasteiger partial charge in [0.2, 0.25) is 0 Å². The number of carbonyl (C=O) groups is 1. The number of aromatic nitrogens is 4. The Morgan fingerprint density at radius 1 is 1.67 bits per heavy atom. The van der Waals surface area contributed by atoms with Gasteiger partial charge in [-0.2, -0.15) is 0 Å². The Morgan fingerprint density at radius 2 is 2.44 bits per heavy atom. The molecule has 1 aliphatic rings. The second-order valence-corrected chi connectivity index (χ2v) is 4.78. The number of rotatable bonds is 5. The number of hydrogen-bond acceptors (Lipinski definition) is 5. The number of aliphatic carboxylic acids is 1. The van der Waals surface area contributed by atoms with Crippen molar-refractivity contribution in [3.63, 3.8) is 0 Å². The highest BCUT2D eigenvalue weighted by molar-refractivity contribution is 5.76. The van der Waals surface area contributed by atoms with Crippen LogP contribution in [0.3, 0.4) is 0 Å². The molecule has 1 aromatic rings. The number of tetrazole rings is 1. The van der Waals surface area contributed by atoms with E-state index < -0.39 is 11.5 Å². The molecule has 1 saturated heterocycles. The van der Waals surface area contributed by atoms with E-state index in [1.807, 2.05) is 6.92 Å². The summed E-state index contributed by atoms with van der Waals surface area (Å²) in [6.45, 7) is 4.20. The quantitative estimate of drug-likeness (QED) is 0.827. The van der Waals surface area contributed by atoms with Gasteiger partial charge in [0.1, 0.15) is 0 Å². The normalized spacial score (nSPS) is 22.9. The molecule has 2 unspecified atom stereocenters. The van der Waals surface area contributed by atoms with Gasteiger partial charge in [0, 0.05) is 13.0 Å². The molecule has 0 spiro atoms. The molecule has 0 aliphatic carbocycles. The van der Waals surface area contributed by atoms with Gasteiger partial charge in [-0.1, -0.05) is 6.92 Å². The van der Waals surface area contributed by atoms with Crippen LogP contribution < -0.4 is 0 Å². The summed E-state index contributed by atoms with van der Waals surface area (Å²) in [7, 11) is 0. The molecule has 2 rings (SSSR count). The van der Waals surface area contributed by atoms with Crippen molar-refractivity contribution in [1.29, 1.82) is 0 Å². The number of carboxylic acids is 1. The van der Waals surface area contributed by atoms with E-state index in [9.17, 15) is 9.90 Å².